The Hall–Kier alpha value is -1.79. The summed E-state index contributed by atoms with van der Waals surface area (Å²) < 4.78 is 2.09. The van der Waals surface area contributed by atoms with Gasteiger partial charge in [-0.2, -0.15) is 0 Å². The molecule has 1 unspecified atom stereocenters. The molecule has 6 heteroatoms. The summed E-state index contributed by atoms with van der Waals surface area (Å²) in [4.78, 5) is 6.50. The van der Waals surface area contributed by atoms with Gasteiger partial charge in [0.15, 0.2) is 0 Å². The van der Waals surface area contributed by atoms with Crippen molar-refractivity contribution in [1.82, 2.24) is 24.6 Å². The number of nitrogens with two attached hydrogens (primary N) is 1. The van der Waals surface area contributed by atoms with E-state index in [9.17, 15) is 0 Å². The van der Waals surface area contributed by atoms with Gasteiger partial charge < -0.3 is 10.3 Å². The van der Waals surface area contributed by atoms with E-state index in [1.807, 2.05) is 12.3 Å². The Balaban J connectivity index is 1.82. The number of aromatic nitrogens is 4. The van der Waals surface area contributed by atoms with Crippen LogP contribution in [0, 0.1) is 0 Å². The Bertz CT molecular complexity index is 508. The maximum atomic E-state index is 5.92. The normalized spacial score (nSPS) is 17.4. The third-order valence-electron chi connectivity index (χ3n) is 3.40. The average molecular weight is 244 g/mol. The van der Waals surface area contributed by atoms with Gasteiger partial charge in [-0.05, 0) is 11.6 Å². The molecule has 1 aliphatic heterocycles. The van der Waals surface area contributed by atoms with Crippen molar-refractivity contribution in [2.45, 2.75) is 19.1 Å². The van der Waals surface area contributed by atoms with E-state index in [0.717, 1.165) is 31.0 Å². The molecule has 0 bridgehead atoms. The molecule has 0 radical (unpaired) electrons. The first-order valence-corrected chi connectivity index (χ1v) is 6.09. The molecular weight excluding hydrogens is 228 g/mol. The Kier molecular flexibility index (Phi) is 3.04. The number of hydrogen-bond donors (Lipinski definition) is 1. The molecule has 0 amide bonds. The van der Waals surface area contributed by atoms with Crippen LogP contribution < -0.4 is 5.73 Å². The van der Waals surface area contributed by atoms with Crippen molar-refractivity contribution >= 4 is 0 Å². The predicted molar refractivity (Wildman–Crippen MR) is 66.5 cm³/mol. The molecule has 18 heavy (non-hydrogen) atoms. The molecule has 0 fully saturated rings. The lowest BCUT2D eigenvalue weighted by atomic mass is 10.1. The van der Waals surface area contributed by atoms with Crippen LogP contribution in [0.4, 0.5) is 0 Å². The van der Waals surface area contributed by atoms with Crippen LogP contribution in [0.2, 0.25) is 0 Å². The highest BCUT2D eigenvalue weighted by molar-refractivity contribution is 5.15. The maximum Gasteiger partial charge on any atom is 0.147 e. The zero-order valence-corrected chi connectivity index (χ0v) is 10.1. The SMILES string of the molecule is NCC(c1cccnc1)N1CCn2cnnc2C1. The molecule has 0 saturated heterocycles. The first-order chi connectivity index (χ1) is 8.88. The second-order valence-corrected chi connectivity index (χ2v) is 4.45. The monoisotopic (exact) mass is 244 g/mol. The van der Waals surface area contributed by atoms with Crippen LogP contribution in [-0.4, -0.2) is 37.7 Å². The van der Waals surface area contributed by atoms with Gasteiger partial charge in [-0.25, -0.2) is 0 Å². The third-order valence-corrected chi connectivity index (χ3v) is 3.40. The van der Waals surface area contributed by atoms with E-state index in [2.05, 4.69) is 30.7 Å². The molecule has 2 aromatic rings. The second-order valence-electron chi connectivity index (χ2n) is 4.45. The van der Waals surface area contributed by atoms with E-state index in [4.69, 9.17) is 5.73 Å². The number of hydrogen-bond acceptors (Lipinski definition) is 5. The number of rotatable bonds is 3. The lowest BCUT2D eigenvalue weighted by Crippen LogP contribution is -2.39. The smallest absolute Gasteiger partial charge is 0.147 e. The molecule has 1 aliphatic rings. The minimum absolute atomic E-state index is 0.198. The van der Waals surface area contributed by atoms with E-state index < -0.39 is 0 Å². The molecule has 0 spiro atoms. The van der Waals surface area contributed by atoms with E-state index in [1.165, 1.54) is 0 Å². The minimum atomic E-state index is 0.198. The van der Waals surface area contributed by atoms with E-state index in [0.29, 0.717) is 6.54 Å². The third kappa shape index (κ3) is 2.00. The van der Waals surface area contributed by atoms with Gasteiger partial charge in [0.2, 0.25) is 0 Å². The van der Waals surface area contributed by atoms with Crippen LogP contribution in [-0.2, 0) is 13.1 Å². The second kappa shape index (κ2) is 4.83. The Morgan fingerprint density at radius 1 is 1.39 bits per heavy atom. The molecule has 94 valence electrons. The fraction of sp³-hybridized carbons (Fsp3) is 0.417. The van der Waals surface area contributed by atoms with Gasteiger partial charge in [0, 0.05) is 38.1 Å². The van der Waals surface area contributed by atoms with Crippen LogP contribution in [0.3, 0.4) is 0 Å². The van der Waals surface area contributed by atoms with Crippen molar-refractivity contribution in [2.75, 3.05) is 13.1 Å². The number of nitrogens with zero attached hydrogens (tertiary/aromatic N) is 5. The van der Waals surface area contributed by atoms with E-state index >= 15 is 0 Å². The van der Waals surface area contributed by atoms with Gasteiger partial charge in [-0.1, -0.05) is 6.07 Å². The number of pyridine rings is 1. The van der Waals surface area contributed by atoms with Crippen molar-refractivity contribution in [3.63, 3.8) is 0 Å². The predicted octanol–water partition coefficient (Wildman–Crippen LogP) is 0.189. The summed E-state index contributed by atoms with van der Waals surface area (Å²) in [5.41, 5.74) is 7.08. The fourth-order valence-corrected chi connectivity index (χ4v) is 2.42. The van der Waals surface area contributed by atoms with Crippen LogP contribution in [0.25, 0.3) is 0 Å². The molecule has 0 aliphatic carbocycles. The highest BCUT2D eigenvalue weighted by atomic mass is 15.3. The van der Waals surface area contributed by atoms with E-state index in [1.54, 1.807) is 12.5 Å². The van der Waals surface area contributed by atoms with Crippen molar-refractivity contribution in [3.05, 3.63) is 42.2 Å². The van der Waals surface area contributed by atoms with Gasteiger partial charge in [0.1, 0.15) is 12.2 Å². The lowest BCUT2D eigenvalue weighted by molar-refractivity contribution is 0.156. The Labute approximate surface area is 105 Å². The summed E-state index contributed by atoms with van der Waals surface area (Å²) in [6, 6.07) is 4.22. The zero-order chi connectivity index (χ0) is 12.4. The standard InChI is InChI=1S/C12H16N6/c13-6-11(10-2-1-3-14-7-10)17-4-5-18-9-15-16-12(18)8-17/h1-3,7,9,11H,4-6,8,13H2. The van der Waals surface area contributed by atoms with Crippen molar-refractivity contribution < 1.29 is 0 Å². The average Bonchev–Trinajstić information content (AvgIpc) is 2.88. The van der Waals surface area contributed by atoms with Crippen LogP contribution >= 0.6 is 0 Å². The van der Waals surface area contributed by atoms with E-state index in [-0.39, 0.29) is 6.04 Å². The summed E-state index contributed by atoms with van der Waals surface area (Å²) in [7, 11) is 0. The fourth-order valence-electron chi connectivity index (χ4n) is 2.42. The molecule has 1 atom stereocenters. The van der Waals surface area contributed by atoms with Crippen molar-refractivity contribution in [3.8, 4) is 0 Å². The first-order valence-electron chi connectivity index (χ1n) is 6.09. The quantitative estimate of drug-likeness (QED) is 0.834. The summed E-state index contributed by atoms with van der Waals surface area (Å²) in [5, 5.41) is 8.07. The van der Waals surface area contributed by atoms with Gasteiger partial charge in [0.25, 0.3) is 0 Å². The summed E-state index contributed by atoms with van der Waals surface area (Å²) >= 11 is 0. The van der Waals surface area contributed by atoms with Gasteiger partial charge in [-0.15, -0.1) is 10.2 Å². The molecule has 2 aromatic heterocycles. The van der Waals surface area contributed by atoms with Gasteiger partial charge >= 0.3 is 0 Å². The topological polar surface area (TPSA) is 72.9 Å². The summed E-state index contributed by atoms with van der Waals surface area (Å²) in [6.45, 7) is 3.25. The maximum absolute atomic E-state index is 5.92. The van der Waals surface area contributed by atoms with Gasteiger partial charge in [0.05, 0.1) is 6.54 Å². The van der Waals surface area contributed by atoms with Crippen LogP contribution in [0.5, 0.6) is 0 Å². The Morgan fingerprint density at radius 3 is 3.11 bits per heavy atom. The van der Waals surface area contributed by atoms with Crippen LogP contribution in [0.15, 0.2) is 30.9 Å². The first kappa shape index (κ1) is 11.3. The molecule has 3 rings (SSSR count). The molecular formula is C12H16N6. The minimum Gasteiger partial charge on any atom is -0.329 e. The summed E-state index contributed by atoms with van der Waals surface area (Å²) in [5.74, 6) is 1.00. The largest absolute Gasteiger partial charge is 0.329 e. The Morgan fingerprint density at radius 2 is 2.33 bits per heavy atom. The summed E-state index contributed by atoms with van der Waals surface area (Å²) in [6.07, 6.45) is 5.45. The number of fused-ring (bicyclic) bond motifs is 1. The molecule has 2 N–H and O–H groups in total. The highest BCUT2D eigenvalue weighted by Gasteiger charge is 2.24. The van der Waals surface area contributed by atoms with Crippen molar-refractivity contribution in [1.29, 1.82) is 0 Å². The molecule has 6 nitrogen and oxygen atoms in total. The lowest BCUT2D eigenvalue weighted by Gasteiger charge is -2.33. The zero-order valence-electron chi connectivity index (χ0n) is 10.1. The molecule has 0 aromatic carbocycles. The van der Waals surface area contributed by atoms with Crippen molar-refractivity contribution in [2.24, 2.45) is 5.73 Å². The van der Waals surface area contributed by atoms with Gasteiger partial charge in [-0.3, -0.25) is 9.88 Å². The highest BCUT2D eigenvalue weighted by Crippen LogP contribution is 2.22. The van der Waals surface area contributed by atoms with Crippen LogP contribution in [0.1, 0.15) is 17.4 Å². The molecule has 3 heterocycles. The molecule has 0 saturated carbocycles.